The SMILES string of the molecule is CC(Oc1nc(N)nc2c1ncn2[C@H]1CC(O)[C@@H](COP(=O)(O)OP(=O)(O)OP(=O)(O)O)O1)c1ccc(C#CCN)cc1[N+](=O)[O-].C[C@@H](Oc1nc(N)nc2c1ncn2[C@H]1CC(O)[C@@H](COP(=O)(O)OP(=O)(O)OP(=O)(O)O)O1)c1ccc(C#CCN)cc1[N+](=O)[O-].C[C@H](Oc1nc(N)nc2c1ncn2[C@H]1CC(O)[C@@H](COP(=O)(O)OP(=O)(O)OP(=O)(O)O)O1)c1ccc(C#CCN)cc1[N+](=O)[O-]. The van der Waals surface area contributed by atoms with Gasteiger partial charge in [-0.15, -0.1) is 0 Å². The van der Waals surface area contributed by atoms with E-state index < -0.39 is 179 Å². The second-order valence-corrected chi connectivity index (χ2v) is 41.2. The normalized spacial score (nSPS) is 21.6. The summed E-state index contributed by atoms with van der Waals surface area (Å²) in [4.78, 5) is 179. The van der Waals surface area contributed by atoms with Crippen LogP contribution in [0.5, 0.6) is 17.6 Å². The summed E-state index contributed by atoms with van der Waals surface area (Å²) in [5, 5.41) is 66.7. The molecule has 0 saturated carbocycles. The average molecular weight is 2130 g/mol. The van der Waals surface area contributed by atoms with Crippen LogP contribution < -0.4 is 48.6 Å². The number of hydrogen-bond acceptors (Lipinski definition) is 48. The van der Waals surface area contributed by atoms with Crippen LogP contribution in [-0.2, 0) is 94.7 Å². The number of nitro groups is 3. The lowest BCUT2D eigenvalue weighted by atomic mass is 10.1. The number of rotatable bonds is 36. The van der Waals surface area contributed by atoms with Crippen LogP contribution in [0.1, 0.15) is 110 Å². The van der Waals surface area contributed by atoms with E-state index in [0.29, 0.717) is 16.7 Å². The number of ether oxygens (including phenoxy) is 6. The minimum Gasteiger partial charge on any atom is -0.468 e. The third-order valence-corrected chi connectivity index (χ3v) is 29.5. The zero-order valence-electron chi connectivity index (χ0n) is 69.9. The molecule has 3 aliphatic rings. The van der Waals surface area contributed by atoms with E-state index in [1.165, 1.54) is 89.9 Å². The summed E-state index contributed by atoms with van der Waals surface area (Å²) < 4.78 is 177. The van der Waals surface area contributed by atoms with E-state index in [1.807, 2.05) is 0 Å². The lowest BCUT2D eigenvalue weighted by Crippen LogP contribution is -2.26. The molecule has 6 aromatic heterocycles. The fraction of sp³-hybridized carbons (Fsp3) is 0.381. The molecule has 75 heteroatoms. The summed E-state index contributed by atoms with van der Waals surface area (Å²) in [5.41, 5.74) is 35.0. The molecule has 3 saturated heterocycles. The van der Waals surface area contributed by atoms with Gasteiger partial charge in [-0.2, -0.15) is 55.8 Å². The lowest BCUT2D eigenvalue weighted by Gasteiger charge is -2.19. The van der Waals surface area contributed by atoms with Crippen LogP contribution in [0.15, 0.2) is 73.6 Å². The third kappa shape index (κ3) is 30.4. The minimum atomic E-state index is -5.74. The Kier molecular flexibility index (Phi) is 35.6. The summed E-state index contributed by atoms with van der Waals surface area (Å²) in [6.07, 6.45) is -10.7. The highest BCUT2D eigenvalue weighted by atomic mass is 31.3. The van der Waals surface area contributed by atoms with E-state index in [2.05, 4.69) is 120 Å². The molecule has 12 rings (SSSR count). The Labute approximate surface area is 769 Å². The predicted octanol–water partition coefficient (Wildman–Crippen LogP) is 2.28. The van der Waals surface area contributed by atoms with Crippen molar-refractivity contribution in [1.29, 1.82) is 0 Å². The summed E-state index contributed by atoms with van der Waals surface area (Å²) in [7, 11) is -50.4. The Hall–Kier alpha value is -10.1. The van der Waals surface area contributed by atoms with Gasteiger partial charge in [0.1, 0.15) is 55.3 Å². The first-order valence-corrected chi connectivity index (χ1v) is 51.5. The van der Waals surface area contributed by atoms with Crippen LogP contribution in [0.4, 0.5) is 34.9 Å². The smallest absolute Gasteiger partial charge is 0.468 e. The number of aromatic nitrogens is 12. The fourth-order valence-electron chi connectivity index (χ4n) is 12.6. The predicted molar refractivity (Wildman–Crippen MR) is 456 cm³/mol. The van der Waals surface area contributed by atoms with Gasteiger partial charge in [-0.1, -0.05) is 35.5 Å². The standard InChI is InChI=1S/3C21H26N7O15P3/c3*1-11(13-5-4-12(3-2-6-22)7-14(13)28(30)31)40-20-18-19(25-21(23)26-20)27(10-24-18)17-8-15(29)16(41-17)9-39-45(35,36)43-46(37,38)42-44(32,33)34/h3*4-5,7,10-11,15-17,29H,6,8-9,22H2,1H3,(H,35,36)(H,37,38)(H2,23,25,26)(H2,32,33,34)/t11?,15?,16-,17-;11-,15?,16+,17+;11-,15?,16-,17-/m101/s1. The van der Waals surface area contributed by atoms with E-state index in [-0.39, 0.29) is 142 Å². The molecular weight excluding hydrogens is 2050 g/mol. The van der Waals surface area contributed by atoms with E-state index in [9.17, 15) is 116 Å². The number of benzene rings is 3. The van der Waals surface area contributed by atoms with Gasteiger partial charge in [-0.3, -0.25) is 57.6 Å². The lowest BCUT2D eigenvalue weighted by molar-refractivity contribution is -0.386. The second-order valence-electron chi connectivity index (χ2n) is 28.0. The Morgan fingerprint density at radius 1 is 0.399 bits per heavy atom. The number of nitrogens with two attached hydrogens (primary N) is 6. The maximum absolute atomic E-state index is 12.0. The number of nitrogen functional groups attached to an aromatic ring is 3. The molecule has 138 heavy (non-hydrogen) atoms. The van der Waals surface area contributed by atoms with Crippen molar-refractivity contribution < 1.29 is 198 Å². The molecule has 66 nitrogen and oxygen atoms in total. The first-order chi connectivity index (χ1) is 64.1. The molecule has 18 atom stereocenters. The summed E-state index contributed by atoms with van der Waals surface area (Å²) in [5.74, 6) is 14.8. The number of anilines is 3. The van der Waals surface area contributed by atoms with Gasteiger partial charge in [0.15, 0.2) is 33.5 Å². The number of fused-ring (bicyclic) bond motifs is 3. The average Bonchev–Trinajstić information content (AvgIpc) is 1.63. The Morgan fingerprint density at radius 3 is 0.855 bits per heavy atom. The van der Waals surface area contributed by atoms with Crippen molar-refractivity contribution in [2.24, 2.45) is 17.2 Å². The van der Waals surface area contributed by atoms with Crippen LogP contribution in [0.2, 0.25) is 0 Å². The molecule has 0 aliphatic carbocycles. The number of nitro benzene ring substituents is 3. The van der Waals surface area contributed by atoms with Gasteiger partial charge in [-0.25, -0.2) is 56.0 Å². The van der Waals surface area contributed by atoms with Gasteiger partial charge in [0, 0.05) is 54.2 Å². The molecule has 9 heterocycles. The van der Waals surface area contributed by atoms with Gasteiger partial charge >= 0.3 is 70.4 Å². The second kappa shape index (κ2) is 44.8. The van der Waals surface area contributed by atoms with Crippen LogP contribution in [0, 0.1) is 65.9 Å². The maximum Gasteiger partial charge on any atom is 0.490 e. The number of imidazole rings is 3. The van der Waals surface area contributed by atoms with Crippen LogP contribution in [0.25, 0.3) is 33.5 Å². The highest BCUT2D eigenvalue weighted by Gasteiger charge is 2.48. The molecule has 3 aromatic carbocycles. The minimum absolute atomic E-state index is 0.0577. The monoisotopic (exact) mass is 2130 g/mol. The van der Waals surface area contributed by atoms with E-state index >= 15 is 0 Å². The molecule has 3 aliphatic heterocycles. The molecule has 0 amide bonds. The van der Waals surface area contributed by atoms with Crippen molar-refractivity contribution in [2.75, 3.05) is 56.7 Å². The Bertz CT molecular complexity index is 6150. The largest absolute Gasteiger partial charge is 0.490 e. The van der Waals surface area contributed by atoms with Gasteiger partial charge < -0.3 is 137 Å². The molecule has 9 aromatic rings. The molecule has 0 radical (unpaired) electrons. The van der Waals surface area contributed by atoms with Crippen LogP contribution in [-0.4, -0.2) is 223 Å². The Morgan fingerprint density at radius 2 is 0.638 bits per heavy atom. The van der Waals surface area contributed by atoms with E-state index in [1.54, 1.807) is 18.2 Å². The van der Waals surface area contributed by atoms with Crippen molar-refractivity contribution in [3.05, 3.63) is 137 Å². The van der Waals surface area contributed by atoms with Gasteiger partial charge in [0.2, 0.25) is 35.5 Å². The van der Waals surface area contributed by atoms with Crippen molar-refractivity contribution in [3.63, 3.8) is 0 Å². The first kappa shape index (κ1) is 110. The molecule has 10 unspecified atom stereocenters. The number of hydrogen-bond donors (Lipinski definition) is 21. The topological polar surface area (TPSA) is 1010 Å². The Balaban J connectivity index is 0.000000214. The van der Waals surface area contributed by atoms with Crippen molar-refractivity contribution in [1.82, 2.24) is 58.6 Å². The number of aliphatic hydroxyl groups is 3. The van der Waals surface area contributed by atoms with Crippen LogP contribution >= 0.6 is 70.4 Å². The number of phosphoric acid groups is 9. The van der Waals surface area contributed by atoms with Crippen molar-refractivity contribution in [2.45, 2.75) is 114 Å². The molecule has 27 N–H and O–H groups in total. The van der Waals surface area contributed by atoms with E-state index in [0.717, 1.165) is 0 Å². The number of phosphoric ester groups is 3. The highest BCUT2D eigenvalue weighted by molar-refractivity contribution is 7.68. The van der Waals surface area contributed by atoms with Gasteiger partial charge in [-0.05, 0) is 57.2 Å². The van der Waals surface area contributed by atoms with Crippen LogP contribution in [0.3, 0.4) is 0 Å². The van der Waals surface area contributed by atoms with Gasteiger partial charge in [0.25, 0.3) is 17.1 Å². The van der Waals surface area contributed by atoms with Crippen molar-refractivity contribution >= 4 is 139 Å². The molecule has 750 valence electrons. The van der Waals surface area contributed by atoms with Gasteiger partial charge in [0.05, 0.1) is 108 Å². The molecular formula is C63H78N21O45P9. The maximum atomic E-state index is 12.0. The number of aliphatic hydroxyl groups excluding tert-OH is 3. The summed E-state index contributed by atoms with van der Waals surface area (Å²) in [6.45, 7) is 2.13. The zero-order chi connectivity index (χ0) is 102. The molecule has 3 fully saturated rings. The molecule has 0 bridgehead atoms. The zero-order valence-corrected chi connectivity index (χ0v) is 77.9. The first-order valence-electron chi connectivity index (χ1n) is 37.9. The fourth-order valence-corrected chi connectivity index (χ4v) is 21.7. The summed E-state index contributed by atoms with van der Waals surface area (Å²) in [6, 6.07) is 12.9. The highest BCUT2D eigenvalue weighted by Crippen LogP contribution is 2.69. The molecule has 0 spiro atoms. The third-order valence-electron chi connectivity index (χ3n) is 18.1. The number of nitrogens with zero attached hydrogens (tertiary/aromatic N) is 15. The van der Waals surface area contributed by atoms with E-state index in [4.69, 9.17) is 92.2 Å². The summed E-state index contributed by atoms with van der Waals surface area (Å²) >= 11 is 0. The quantitative estimate of drug-likeness (QED) is 0.0116. The van der Waals surface area contributed by atoms with Crippen molar-refractivity contribution in [3.8, 4) is 53.2 Å².